The molecule has 3 nitrogen and oxygen atoms in total. The number of nitrogens with zero attached hydrogens (tertiary/aromatic N) is 1. The predicted molar refractivity (Wildman–Crippen MR) is 86.1 cm³/mol. The van der Waals surface area contributed by atoms with Gasteiger partial charge in [0.1, 0.15) is 11.7 Å². The van der Waals surface area contributed by atoms with Crippen molar-refractivity contribution in [3.8, 4) is 0 Å². The molecule has 1 amide bonds. The van der Waals surface area contributed by atoms with Gasteiger partial charge in [-0.05, 0) is 43.9 Å². The molecule has 2 saturated heterocycles. The van der Waals surface area contributed by atoms with Gasteiger partial charge in [-0.1, -0.05) is 30.3 Å². The van der Waals surface area contributed by atoms with Gasteiger partial charge in [0.15, 0.2) is 0 Å². The first kappa shape index (κ1) is 13.6. The first-order valence-electron chi connectivity index (χ1n) is 7.90. The van der Waals surface area contributed by atoms with Crippen LogP contribution in [0.5, 0.6) is 0 Å². The van der Waals surface area contributed by atoms with Gasteiger partial charge in [-0.25, -0.2) is 0 Å². The Balaban J connectivity index is 1.63. The fourth-order valence-electron chi connectivity index (χ4n) is 3.66. The minimum atomic E-state index is -0.236. The van der Waals surface area contributed by atoms with Crippen molar-refractivity contribution in [1.82, 2.24) is 10.2 Å². The maximum atomic E-state index is 12.9. The van der Waals surface area contributed by atoms with Gasteiger partial charge in [0.2, 0.25) is 5.91 Å². The molecule has 1 spiro atoms. The zero-order chi connectivity index (χ0) is 14.5. The Kier molecular flexibility index (Phi) is 3.09. The summed E-state index contributed by atoms with van der Waals surface area (Å²) in [5, 5.41) is 3.62. The number of hydrogen-bond donors (Lipinski definition) is 1. The zero-order valence-electron chi connectivity index (χ0n) is 12.5. The molecule has 4 rings (SSSR count). The molecule has 4 heteroatoms. The average Bonchev–Trinajstić information content (AvgIpc) is 3.09. The van der Waals surface area contributed by atoms with Crippen molar-refractivity contribution < 1.29 is 4.79 Å². The lowest BCUT2D eigenvalue weighted by atomic mass is 10.0. The van der Waals surface area contributed by atoms with Crippen molar-refractivity contribution in [2.45, 2.75) is 49.1 Å². The van der Waals surface area contributed by atoms with Gasteiger partial charge in [0.05, 0.1) is 0 Å². The molecule has 1 aliphatic carbocycles. The Labute approximate surface area is 130 Å². The number of nitrogens with one attached hydrogen (secondary N) is 1. The number of amides is 1. The first-order valence-corrected chi connectivity index (χ1v) is 8.88. The summed E-state index contributed by atoms with van der Waals surface area (Å²) in [6.07, 6.45) is 4.54. The van der Waals surface area contributed by atoms with E-state index in [0.717, 1.165) is 19.4 Å². The standard InChI is InChI=1S/C17H22N2OS/c1-16(8-5-11-21-16)12-19-14(13-6-3-2-4-7-13)18-17(9-10-17)15(19)20/h2-4,6-7,14,18H,5,8-12H2,1H3. The van der Waals surface area contributed by atoms with E-state index in [1.54, 1.807) is 0 Å². The summed E-state index contributed by atoms with van der Waals surface area (Å²) in [7, 11) is 0. The molecule has 3 fully saturated rings. The summed E-state index contributed by atoms with van der Waals surface area (Å²) >= 11 is 2.03. The second-order valence-electron chi connectivity index (χ2n) is 6.87. The fourth-order valence-corrected chi connectivity index (χ4v) is 4.96. The van der Waals surface area contributed by atoms with Crippen LogP contribution in [0.15, 0.2) is 30.3 Å². The lowest BCUT2D eigenvalue weighted by molar-refractivity contribution is -0.131. The Bertz CT molecular complexity index is 549. The van der Waals surface area contributed by atoms with Gasteiger partial charge in [0, 0.05) is 11.3 Å². The molecule has 2 unspecified atom stereocenters. The third kappa shape index (κ3) is 2.29. The van der Waals surface area contributed by atoms with Crippen molar-refractivity contribution in [2.75, 3.05) is 12.3 Å². The predicted octanol–water partition coefficient (Wildman–Crippen LogP) is 2.94. The van der Waals surface area contributed by atoms with Gasteiger partial charge in [-0.3, -0.25) is 10.1 Å². The monoisotopic (exact) mass is 302 g/mol. The number of benzene rings is 1. The summed E-state index contributed by atoms with van der Waals surface area (Å²) in [5.74, 6) is 1.55. The molecular weight excluding hydrogens is 280 g/mol. The van der Waals surface area contributed by atoms with Crippen molar-refractivity contribution in [2.24, 2.45) is 0 Å². The maximum absolute atomic E-state index is 12.9. The SMILES string of the molecule is CC1(CN2C(=O)C3(CC3)NC2c2ccccc2)CCCS1. The second kappa shape index (κ2) is 4.75. The van der Waals surface area contributed by atoms with E-state index in [4.69, 9.17) is 0 Å². The molecule has 0 bridgehead atoms. The van der Waals surface area contributed by atoms with E-state index in [0.29, 0.717) is 5.91 Å². The number of carbonyl (C=O) groups is 1. The number of rotatable bonds is 3. The molecule has 2 heterocycles. The van der Waals surface area contributed by atoms with E-state index >= 15 is 0 Å². The van der Waals surface area contributed by atoms with Crippen LogP contribution < -0.4 is 5.32 Å². The van der Waals surface area contributed by atoms with Crippen LogP contribution in [0.4, 0.5) is 0 Å². The summed E-state index contributed by atoms with van der Waals surface area (Å²) < 4.78 is 0.227. The molecule has 1 saturated carbocycles. The van der Waals surface area contributed by atoms with Crippen molar-refractivity contribution >= 4 is 17.7 Å². The topological polar surface area (TPSA) is 32.3 Å². The van der Waals surface area contributed by atoms with Crippen molar-refractivity contribution in [3.05, 3.63) is 35.9 Å². The van der Waals surface area contributed by atoms with E-state index in [2.05, 4.69) is 41.4 Å². The van der Waals surface area contributed by atoms with Crippen LogP contribution in [0.2, 0.25) is 0 Å². The molecule has 0 aromatic heterocycles. The minimum Gasteiger partial charge on any atom is -0.320 e. The van der Waals surface area contributed by atoms with Gasteiger partial charge < -0.3 is 4.90 Å². The second-order valence-corrected chi connectivity index (χ2v) is 8.56. The fraction of sp³-hybridized carbons (Fsp3) is 0.588. The van der Waals surface area contributed by atoms with Crippen LogP contribution in [0.25, 0.3) is 0 Å². The van der Waals surface area contributed by atoms with Crippen LogP contribution in [0, 0.1) is 0 Å². The van der Waals surface area contributed by atoms with E-state index in [9.17, 15) is 4.79 Å². The highest BCUT2D eigenvalue weighted by Gasteiger charge is 2.60. The van der Waals surface area contributed by atoms with Crippen molar-refractivity contribution in [1.29, 1.82) is 0 Å². The number of thioether (sulfide) groups is 1. The molecule has 1 aromatic rings. The van der Waals surface area contributed by atoms with E-state index < -0.39 is 0 Å². The Hall–Kier alpha value is -1.00. The third-order valence-electron chi connectivity index (χ3n) is 5.07. The normalized spacial score (nSPS) is 33.9. The quantitative estimate of drug-likeness (QED) is 0.932. The molecule has 3 aliphatic rings. The first-order chi connectivity index (χ1) is 10.1. The summed E-state index contributed by atoms with van der Waals surface area (Å²) in [6, 6.07) is 10.4. The summed E-state index contributed by atoms with van der Waals surface area (Å²) in [6.45, 7) is 3.18. The molecule has 1 N–H and O–H groups in total. The van der Waals surface area contributed by atoms with Crippen LogP contribution in [-0.2, 0) is 4.79 Å². The Morgan fingerprint density at radius 1 is 1.29 bits per heavy atom. The third-order valence-corrected chi connectivity index (χ3v) is 6.59. The van der Waals surface area contributed by atoms with Crippen molar-refractivity contribution in [3.63, 3.8) is 0 Å². The highest BCUT2D eigenvalue weighted by Crippen LogP contribution is 2.48. The summed E-state index contributed by atoms with van der Waals surface area (Å²) in [4.78, 5) is 15.0. The van der Waals surface area contributed by atoms with Crippen LogP contribution in [0.3, 0.4) is 0 Å². The van der Waals surface area contributed by atoms with Gasteiger partial charge in [-0.2, -0.15) is 11.8 Å². The maximum Gasteiger partial charge on any atom is 0.244 e. The zero-order valence-corrected chi connectivity index (χ0v) is 13.3. The number of carbonyl (C=O) groups excluding carboxylic acids is 1. The van der Waals surface area contributed by atoms with E-state index in [-0.39, 0.29) is 16.5 Å². The van der Waals surface area contributed by atoms with Crippen LogP contribution in [-0.4, -0.2) is 33.4 Å². The van der Waals surface area contributed by atoms with E-state index in [1.807, 2.05) is 17.8 Å². The Morgan fingerprint density at radius 3 is 2.67 bits per heavy atom. The molecule has 2 aliphatic heterocycles. The van der Waals surface area contributed by atoms with Gasteiger partial charge in [0.25, 0.3) is 0 Å². The number of hydrogen-bond acceptors (Lipinski definition) is 3. The molecule has 112 valence electrons. The lowest BCUT2D eigenvalue weighted by Crippen LogP contribution is -2.41. The average molecular weight is 302 g/mol. The smallest absolute Gasteiger partial charge is 0.244 e. The highest BCUT2D eigenvalue weighted by atomic mass is 32.2. The minimum absolute atomic E-state index is 0.0548. The molecule has 2 atom stereocenters. The lowest BCUT2D eigenvalue weighted by Gasteiger charge is -2.32. The van der Waals surface area contributed by atoms with Crippen LogP contribution >= 0.6 is 11.8 Å². The summed E-state index contributed by atoms with van der Waals surface area (Å²) in [5.41, 5.74) is 0.973. The Morgan fingerprint density at radius 2 is 2.05 bits per heavy atom. The van der Waals surface area contributed by atoms with E-state index in [1.165, 1.54) is 24.2 Å². The largest absolute Gasteiger partial charge is 0.320 e. The van der Waals surface area contributed by atoms with Gasteiger partial charge in [-0.15, -0.1) is 0 Å². The molecule has 21 heavy (non-hydrogen) atoms. The van der Waals surface area contributed by atoms with Crippen LogP contribution in [0.1, 0.15) is 44.3 Å². The van der Waals surface area contributed by atoms with Gasteiger partial charge >= 0.3 is 0 Å². The molecular formula is C17H22N2OS. The highest BCUT2D eigenvalue weighted by molar-refractivity contribution is 8.00. The molecule has 1 aromatic carbocycles. The molecule has 0 radical (unpaired) electrons.